The number of carboxylic acids is 1. The Bertz CT molecular complexity index is 446. The lowest BCUT2D eigenvalue weighted by atomic mass is 9.98. The average molecular weight is 266 g/mol. The number of carboxylic acid groups (broad SMARTS) is 1. The molecule has 1 fully saturated rings. The number of amides is 1. The number of aliphatic carboxylic acids is 1. The predicted octanol–water partition coefficient (Wildman–Crippen LogP) is 0.695. The van der Waals surface area contributed by atoms with Gasteiger partial charge in [0.2, 0.25) is 5.91 Å². The van der Waals surface area contributed by atoms with Gasteiger partial charge in [-0.05, 0) is 26.2 Å². The lowest BCUT2D eigenvalue weighted by Crippen LogP contribution is -2.47. The van der Waals surface area contributed by atoms with Gasteiger partial charge in [-0.15, -0.1) is 0 Å². The SMILES string of the molecule is CC(C(=O)N1CCCCC1CC(=O)O)n1cncn1. The smallest absolute Gasteiger partial charge is 0.305 e. The van der Waals surface area contributed by atoms with Crippen LogP contribution >= 0.6 is 0 Å². The molecule has 1 aromatic rings. The molecule has 0 spiro atoms. The van der Waals surface area contributed by atoms with Gasteiger partial charge in [-0.3, -0.25) is 9.59 Å². The van der Waals surface area contributed by atoms with Gasteiger partial charge >= 0.3 is 5.97 Å². The molecule has 2 heterocycles. The second-order valence-electron chi connectivity index (χ2n) is 4.83. The highest BCUT2D eigenvalue weighted by atomic mass is 16.4. The first-order valence-electron chi connectivity index (χ1n) is 6.46. The summed E-state index contributed by atoms with van der Waals surface area (Å²) in [7, 11) is 0. The highest BCUT2D eigenvalue weighted by Crippen LogP contribution is 2.22. The molecule has 0 saturated carbocycles. The average Bonchev–Trinajstić information content (AvgIpc) is 2.91. The summed E-state index contributed by atoms with van der Waals surface area (Å²) in [6.45, 7) is 2.37. The van der Waals surface area contributed by atoms with Crippen molar-refractivity contribution in [1.82, 2.24) is 19.7 Å². The number of aromatic nitrogens is 3. The van der Waals surface area contributed by atoms with Gasteiger partial charge in [-0.2, -0.15) is 5.10 Å². The lowest BCUT2D eigenvalue weighted by molar-refractivity contribution is -0.143. The minimum atomic E-state index is -0.863. The third-order valence-electron chi connectivity index (χ3n) is 3.51. The lowest BCUT2D eigenvalue weighted by Gasteiger charge is -2.36. The largest absolute Gasteiger partial charge is 0.481 e. The molecule has 1 aromatic heterocycles. The molecule has 0 aromatic carbocycles. The standard InChI is InChI=1S/C12H18N4O3/c1-9(16-8-13-7-14-16)12(19)15-5-3-2-4-10(15)6-11(17)18/h7-10H,2-6H2,1H3,(H,17,18). The third-order valence-corrected chi connectivity index (χ3v) is 3.51. The Labute approximate surface area is 111 Å². The van der Waals surface area contributed by atoms with Gasteiger partial charge in [-0.25, -0.2) is 9.67 Å². The Kier molecular flexibility index (Phi) is 4.13. The summed E-state index contributed by atoms with van der Waals surface area (Å²) in [5.74, 6) is -0.949. The van der Waals surface area contributed by atoms with Crippen LogP contribution in [0.3, 0.4) is 0 Å². The number of carbonyl (C=O) groups is 2. The van der Waals surface area contributed by atoms with Crippen molar-refractivity contribution in [3.8, 4) is 0 Å². The van der Waals surface area contributed by atoms with Crippen molar-refractivity contribution in [3.05, 3.63) is 12.7 Å². The summed E-state index contributed by atoms with van der Waals surface area (Å²) in [5, 5.41) is 12.9. The number of piperidine rings is 1. The van der Waals surface area contributed by atoms with Crippen LogP contribution in [-0.2, 0) is 9.59 Å². The number of rotatable bonds is 4. The van der Waals surface area contributed by atoms with E-state index in [1.807, 2.05) is 0 Å². The van der Waals surface area contributed by atoms with E-state index in [2.05, 4.69) is 10.1 Å². The molecule has 1 amide bonds. The van der Waals surface area contributed by atoms with Crippen molar-refractivity contribution in [2.45, 2.75) is 44.7 Å². The second-order valence-corrected chi connectivity index (χ2v) is 4.83. The molecule has 1 aliphatic rings. The van der Waals surface area contributed by atoms with E-state index in [1.54, 1.807) is 11.8 Å². The van der Waals surface area contributed by atoms with Gasteiger partial charge in [0.1, 0.15) is 18.7 Å². The molecule has 19 heavy (non-hydrogen) atoms. The molecule has 7 nitrogen and oxygen atoms in total. The highest BCUT2D eigenvalue weighted by molar-refractivity contribution is 5.81. The minimum Gasteiger partial charge on any atom is -0.481 e. The van der Waals surface area contributed by atoms with Gasteiger partial charge in [0.15, 0.2) is 0 Å². The molecule has 7 heteroatoms. The quantitative estimate of drug-likeness (QED) is 0.866. The molecular weight excluding hydrogens is 248 g/mol. The molecule has 1 saturated heterocycles. The first-order valence-corrected chi connectivity index (χ1v) is 6.46. The molecule has 2 rings (SSSR count). The third kappa shape index (κ3) is 3.10. The van der Waals surface area contributed by atoms with E-state index >= 15 is 0 Å². The highest BCUT2D eigenvalue weighted by Gasteiger charge is 2.31. The number of hydrogen-bond acceptors (Lipinski definition) is 4. The van der Waals surface area contributed by atoms with Crippen LogP contribution in [0.1, 0.15) is 38.6 Å². The fraction of sp³-hybridized carbons (Fsp3) is 0.667. The maximum Gasteiger partial charge on any atom is 0.305 e. The Hall–Kier alpha value is -1.92. The summed E-state index contributed by atoms with van der Waals surface area (Å²) >= 11 is 0. The van der Waals surface area contributed by atoms with Crippen LogP contribution < -0.4 is 0 Å². The summed E-state index contributed by atoms with van der Waals surface area (Å²) in [6.07, 6.45) is 5.54. The van der Waals surface area contributed by atoms with E-state index in [-0.39, 0.29) is 18.4 Å². The van der Waals surface area contributed by atoms with Crippen molar-refractivity contribution in [2.24, 2.45) is 0 Å². The van der Waals surface area contributed by atoms with Crippen LogP contribution in [0.15, 0.2) is 12.7 Å². The van der Waals surface area contributed by atoms with Crippen molar-refractivity contribution < 1.29 is 14.7 Å². The zero-order chi connectivity index (χ0) is 13.8. The maximum absolute atomic E-state index is 12.4. The normalized spacial score (nSPS) is 21.1. The van der Waals surface area contributed by atoms with E-state index in [9.17, 15) is 9.59 Å². The molecular formula is C12H18N4O3. The van der Waals surface area contributed by atoms with Crippen LogP contribution in [0.25, 0.3) is 0 Å². The van der Waals surface area contributed by atoms with Crippen LogP contribution in [0.2, 0.25) is 0 Å². The van der Waals surface area contributed by atoms with Crippen LogP contribution in [0.5, 0.6) is 0 Å². The minimum absolute atomic E-state index is 0.00974. The van der Waals surface area contributed by atoms with Crippen LogP contribution in [0, 0.1) is 0 Å². The summed E-state index contributed by atoms with van der Waals surface area (Å²) in [5.41, 5.74) is 0. The van der Waals surface area contributed by atoms with Gasteiger partial charge in [-0.1, -0.05) is 0 Å². The Morgan fingerprint density at radius 3 is 2.89 bits per heavy atom. The predicted molar refractivity (Wildman–Crippen MR) is 66.3 cm³/mol. The molecule has 1 N–H and O–H groups in total. The van der Waals surface area contributed by atoms with Crippen molar-refractivity contribution in [3.63, 3.8) is 0 Å². The first kappa shape index (κ1) is 13.5. The van der Waals surface area contributed by atoms with Crippen molar-refractivity contribution >= 4 is 11.9 Å². The maximum atomic E-state index is 12.4. The van der Waals surface area contributed by atoms with Crippen LogP contribution in [0.4, 0.5) is 0 Å². The zero-order valence-electron chi connectivity index (χ0n) is 10.9. The first-order chi connectivity index (χ1) is 9.09. The monoisotopic (exact) mass is 266 g/mol. The topological polar surface area (TPSA) is 88.3 Å². The second kappa shape index (κ2) is 5.81. The Morgan fingerprint density at radius 1 is 1.47 bits per heavy atom. The fourth-order valence-electron chi connectivity index (χ4n) is 2.47. The summed E-state index contributed by atoms with van der Waals surface area (Å²) in [4.78, 5) is 28.8. The summed E-state index contributed by atoms with van der Waals surface area (Å²) < 4.78 is 1.49. The van der Waals surface area contributed by atoms with Crippen molar-refractivity contribution in [2.75, 3.05) is 6.54 Å². The Balaban J connectivity index is 2.08. The molecule has 104 valence electrons. The van der Waals surface area contributed by atoms with E-state index in [4.69, 9.17) is 5.11 Å². The van der Waals surface area contributed by atoms with E-state index in [1.165, 1.54) is 17.3 Å². The van der Waals surface area contributed by atoms with E-state index in [0.29, 0.717) is 6.54 Å². The fourth-order valence-corrected chi connectivity index (χ4v) is 2.47. The van der Waals surface area contributed by atoms with Gasteiger partial charge in [0.25, 0.3) is 0 Å². The molecule has 1 aliphatic heterocycles. The zero-order valence-corrected chi connectivity index (χ0v) is 10.9. The molecule has 2 atom stereocenters. The molecule has 0 aliphatic carbocycles. The van der Waals surface area contributed by atoms with Crippen LogP contribution in [-0.4, -0.2) is 49.2 Å². The van der Waals surface area contributed by atoms with Gasteiger partial charge < -0.3 is 10.0 Å². The summed E-state index contributed by atoms with van der Waals surface area (Å²) in [6, 6.07) is -0.651. The number of nitrogens with zero attached hydrogens (tertiary/aromatic N) is 4. The van der Waals surface area contributed by atoms with Gasteiger partial charge in [0.05, 0.1) is 6.42 Å². The molecule has 0 bridgehead atoms. The number of hydrogen-bond donors (Lipinski definition) is 1. The van der Waals surface area contributed by atoms with Gasteiger partial charge in [0, 0.05) is 12.6 Å². The Morgan fingerprint density at radius 2 is 2.26 bits per heavy atom. The van der Waals surface area contributed by atoms with Crippen molar-refractivity contribution in [1.29, 1.82) is 0 Å². The van der Waals surface area contributed by atoms with E-state index in [0.717, 1.165) is 19.3 Å². The number of carbonyl (C=O) groups excluding carboxylic acids is 1. The van der Waals surface area contributed by atoms with E-state index < -0.39 is 12.0 Å². The molecule has 2 unspecified atom stereocenters. The number of likely N-dealkylation sites (tertiary alicyclic amines) is 1. The molecule has 0 radical (unpaired) electrons.